The van der Waals surface area contributed by atoms with Crippen molar-refractivity contribution >= 4 is 11.0 Å². The van der Waals surface area contributed by atoms with E-state index in [2.05, 4.69) is 23.5 Å². The van der Waals surface area contributed by atoms with Gasteiger partial charge < -0.3 is 9.73 Å². The van der Waals surface area contributed by atoms with E-state index in [4.69, 9.17) is 4.42 Å². The lowest BCUT2D eigenvalue weighted by molar-refractivity contribution is 0.275. The molecule has 0 radical (unpaired) electrons. The molecule has 2 aromatic rings. The third kappa shape index (κ3) is 1.45. The molecule has 1 aromatic carbocycles. The minimum Gasteiger partial charge on any atom is -0.461 e. The maximum atomic E-state index is 5.84. The Morgan fingerprint density at radius 1 is 1.27 bits per heavy atom. The van der Waals surface area contributed by atoms with E-state index in [-0.39, 0.29) is 0 Å². The molecule has 78 valence electrons. The van der Waals surface area contributed by atoms with E-state index in [1.54, 1.807) is 0 Å². The van der Waals surface area contributed by atoms with Crippen LogP contribution in [0.2, 0.25) is 0 Å². The molecule has 0 bridgehead atoms. The van der Waals surface area contributed by atoms with Crippen molar-refractivity contribution in [2.24, 2.45) is 0 Å². The van der Waals surface area contributed by atoms with Gasteiger partial charge in [-0.25, -0.2) is 0 Å². The standard InChI is InChI=1S/C13H15NO/c1-14-11-6-10(7-11)13-8-9-4-2-3-5-12(9)15-13/h2-5,8,10-11,14H,6-7H2,1H3. The van der Waals surface area contributed by atoms with Gasteiger partial charge in [0.1, 0.15) is 11.3 Å². The fourth-order valence-electron chi connectivity index (χ4n) is 2.29. The summed E-state index contributed by atoms with van der Waals surface area (Å²) in [6.45, 7) is 0. The minimum absolute atomic E-state index is 0.620. The van der Waals surface area contributed by atoms with Crippen LogP contribution < -0.4 is 5.32 Å². The molecule has 0 aliphatic heterocycles. The fraction of sp³-hybridized carbons (Fsp3) is 0.385. The molecule has 2 heteroatoms. The van der Waals surface area contributed by atoms with Crippen LogP contribution in [0.1, 0.15) is 24.5 Å². The van der Waals surface area contributed by atoms with Crippen molar-refractivity contribution in [2.45, 2.75) is 24.8 Å². The van der Waals surface area contributed by atoms with Crippen molar-refractivity contribution in [2.75, 3.05) is 7.05 Å². The SMILES string of the molecule is CNC1CC(c2cc3ccccc3o2)C1. The number of para-hydroxylation sites is 1. The summed E-state index contributed by atoms with van der Waals surface area (Å²) in [5.41, 5.74) is 1.01. The van der Waals surface area contributed by atoms with E-state index >= 15 is 0 Å². The molecular formula is C13H15NO. The minimum atomic E-state index is 0.620. The van der Waals surface area contributed by atoms with Gasteiger partial charge in [0.05, 0.1) is 0 Å². The lowest BCUT2D eigenvalue weighted by atomic mass is 9.79. The fourth-order valence-corrected chi connectivity index (χ4v) is 2.29. The molecule has 1 saturated carbocycles. The first kappa shape index (κ1) is 8.98. The van der Waals surface area contributed by atoms with Crippen LogP contribution in [0.5, 0.6) is 0 Å². The molecule has 1 heterocycles. The van der Waals surface area contributed by atoms with E-state index in [1.165, 1.54) is 18.2 Å². The zero-order valence-corrected chi connectivity index (χ0v) is 8.86. The highest BCUT2D eigenvalue weighted by atomic mass is 16.3. The predicted molar refractivity (Wildman–Crippen MR) is 61.0 cm³/mol. The lowest BCUT2D eigenvalue weighted by Gasteiger charge is -2.33. The Hall–Kier alpha value is -1.28. The smallest absolute Gasteiger partial charge is 0.134 e. The Morgan fingerprint density at radius 3 is 2.80 bits per heavy atom. The highest BCUT2D eigenvalue weighted by molar-refractivity contribution is 5.77. The average Bonchev–Trinajstić information content (AvgIpc) is 2.59. The molecule has 0 spiro atoms. The first-order valence-corrected chi connectivity index (χ1v) is 5.52. The molecule has 15 heavy (non-hydrogen) atoms. The molecule has 0 amide bonds. The average molecular weight is 201 g/mol. The molecule has 1 aromatic heterocycles. The van der Waals surface area contributed by atoms with E-state index < -0.39 is 0 Å². The largest absolute Gasteiger partial charge is 0.461 e. The van der Waals surface area contributed by atoms with Crippen LogP contribution in [0.15, 0.2) is 34.7 Å². The topological polar surface area (TPSA) is 25.2 Å². The van der Waals surface area contributed by atoms with Crippen molar-refractivity contribution in [1.82, 2.24) is 5.32 Å². The Balaban J connectivity index is 1.87. The summed E-state index contributed by atoms with van der Waals surface area (Å²) in [4.78, 5) is 0. The molecule has 1 N–H and O–H groups in total. The number of rotatable bonds is 2. The molecule has 1 aliphatic carbocycles. The van der Waals surface area contributed by atoms with Crippen molar-refractivity contribution in [1.29, 1.82) is 0 Å². The quantitative estimate of drug-likeness (QED) is 0.808. The van der Waals surface area contributed by atoms with Crippen molar-refractivity contribution < 1.29 is 4.42 Å². The van der Waals surface area contributed by atoms with Crippen LogP contribution in [0.4, 0.5) is 0 Å². The zero-order chi connectivity index (χ0) is 10.3. The summed E-state index contributed by atoms with van der Waals surface area (Å²) in [7, 11) is 2.03. The van der Waals surface area contributed by atoms with Gasteiger partial charge in [0.2, 0.25) is 0 Å². The number of nitrogens with one attached hydrogen (secondary N) is 1. The molecule has 1 fully saturated rings. The van der Waals surface area contributed by atoms with Crippen LogP contribution in [0, 0.1) is 0 Å². The maximum absolute atomic E-state index is 5.84. The first-order chi connectivity index (χ1) is 7.36. The molecular weight excluding hydrogens is 186 g/mol. The Morgan fingerprint density at radius 2 is 2.07 bits per heavy atom. The second-order valence-corrected chi connectivity index (χ2v) is 4.34. The van der Waals surface area contributed by atoms with Gasteiger partial charge in [-0.3, -0.25) is 0 Å². The van der Waals surface area contributed by atoms with Gasteiger partial charge in [0.15, 0.2) is 0 Å². The third-order valence-electron chi connectivity index (χ3n) is 3.39. The molecule has 1 aliphatic rings. The third-order valence-corrected chi connectivity index (χ3v) is 3.39. The summed E-state index contributed by atoms with van der Waals surface area (Å²) in [5, 5.41) is 4.52. The number of hydrogen-bond donors (Lipinski definition) is 1. The predicted octanol–water partition coefficient (Wildman–Crippen LogP) is 2.90. The van der Waals surface area contributed by atoms with E-state index in [0.29, 0.717) is 12.0 Å². The normalized spacial score (nSPS) is 25.4. The second-order valence-electron chi connectivity index (χ2n) is 4.34. The van der Waals surface area contributed by atoms with Crippen LogP contribution in [0.25, 0.3) is 11.0 Å². The van der Waals surface area contributed by atoms with Crippen molar-refractivity contribution in [3.8, 4) is 0 Å². The van der Waals surface area contributed by atoms with Crippen molar-refractivity contribution in [3.63, 3.8) is 0 Å². The van der Waals surface area contributed by atoms with E-state index in [1.807, 2.05) is 19.2 Å². The van der Waals surface area contributed by atoms with Crippen LogP contribution >= 0.6 is 0 Å². The number of fused-ring (bicyclic) bond motifs is 1. The summed E-state index contributed by atoms with van der Waals surface area (Å²) in [5.74, 6) is 1.78. The summed E-state index contributed by atoms with van der Waals surface area (Å²) in [6, 6.07) is 11.1. The molecule has 3 rings (SSSR count). The van der Waals surface area contributed by atoms with Gasteiger partial charge in [-0.05, 0) is 32.0 Å². The maximum Gasteiger partial charge on any atom is 0.134 e. The van der Waals surface area contributed by atoms with Gasteiger partial charge in [0, 0.05) is 17.3 Å². The second kappa shape index (κ2) is 3.38. The molecule has 2 nitrogen and oxygen atoms in total. The van der Waals surface area contributed by atoms with E-state index in [9.17, 15) is 0 Å². The number of benzene rings is 1. The molecule has 0 saturated heterocycles. The Bertz CT molecular complexity index is 435. The molecule has 0 unspecified atom stereocenters. The zero-order valence-electron chi connectivity index (χ0n) is 8.86. The number of furan rings is 1. The summed E-state index contributed by atoms with van der Waals surface area (Å²) >= 11 is 0. The highest BCUT2D eigenvalue weighted by Gasteiger charge is 2.31. The Labute approximate surface area is 89.3 Å². The monoisotopic (exact) mass is 201 g/mol. The van der Waals surface area contributed by atoms with Gasteiger partial charge in [-0.15, -0.1) is 0 Å². The van der Waals surface area contributed by atoms with Crippen LogP contribution in [-0.2, 0) is 0 Å². The van der Waals surface area contributed by atoms with Crippen LogP contribution in [0.3, 0.4) is 0 Å². The summed E-state index contributed by atoms with van der Waals surface area (Å²) < 4.78 is 5.84. The van der Waals surface area contributed by atoms with E-state index in [0.717, 1.165) is 11.3 Å². The van der Waals surface area contributed by atoms with Gasteiger partial charge in [-0.1, -0.05) is 18.2 Å². The van der Waals surface area contributed by atoms with Crippen molar-refractivity contribution in [3.05, 3.63) is 36.1 Å². The molecule has 0 atom stereocenters. The van der Waals surface area contributed by atoms with Crippen LogP contribution in [-0.4, -0.2) is 13.1 Å². The van der Waals surface area contributed by atoms with Gasteiger partial charge in [0.25, 0.3) is 0 Å². The Kier molecular flexibility index (Phi) is 2.03. The summed E-state index contributed by atoms with van der Waals surface area (Å²) in [6.07, 6.45) is 2.41. The number of hydrogen-bond acceptors (Lipinski definition) is 2. The first-order valence-electron chi connectivity index (χ1n) is 5.52. The van der Waals surface area contributed by atoms with Gasteiger partial charge in [-0.2, -0.15) is 0 Å². The highest BCUT2D eigenvalue weighted by Crippen LogP contribution is 2.38. The lowest BCUT2D eigenvalue weighted by Crippen LogP contribution is -2.37. The van der Waals surface area contributed by atoms with Gasteiger partial charge >= 0.3 is 0 Å².